The molecule has 0 aliphatic carbocycles. The molecule has 0 saturated carbocycles. The van der Waals surface area contributed by atoms with E-state index in [-0.39, 0.29) is 36.5 Å². The molecule has 19 heavy (non-hydrogen) atoms. The Hall–Kier alpha value is -0.931. The third-order valence-electron chi connectivity index (χ3n) is 2.20. The minimum Gasteiger partial charge on any atom is -0.341 e. The summed E-state index contributed by atoms with van der Waals surface area (Å²) in [6, 6.07) is 0. The first-order valence-electron chi connectivity index (χ1n) is 4.93. The minimum atomic E-state index is -0.718. The second kappa shape index (κ2) is 7.01. The molecular weight excluding hydrogens is 345 g/mol. The topological polar surface area (TPSA) is 84.1 Å². The first kappa shape index (κ1) is 16.1. The first-order chi connectivity index (χ1) is 8.56. The summed E-state index contributed by atoms with van der Waals surface area (Å²) in [5, 5.41) is 13.2. The van der Waals surface area contributed by atoms with Crippen LogP contribution >= 0.6 is 22.9 Å². The molecule has 1 aliphatic heterocycles. The molecule has 0 spiro atoms. The van der Waals surface area contributed by atoms with Crippen LogP contribution in [0.2, 0.25) is 4.47 Å². The van der Waals surface area contributed by atoms with E-state index in [1.54, 1.807) is 23.0 Å². The van der Waals surface area contributed by atoms with Crippen LogP contribution in [0.4, 0.5) is 0 Å². The Balaban J connectivity index is 0.00000180. The number of hydrazone groups is 1. The first-order valence-corrected chi connectivity index (χ1v) is 6.12. The van der Waals surface area contributed by atoms with Gasteiger partial charge in [-0.3, -0.25) is 0 Å². The molecule has 11 heteroatoms. The van der Waals surface area contributed by atoms with E-state index >= 15 is 0 Å². The van der Waals surface area contributed by atoms with E-state index in [4.69, 9.17) is 16.3 Å². The molecule has 0 N–H and O–H groups in total. The quantitative estimate of drug-likeness (QED) is 0.457. The van der Waals surface area contributed by atoms with Gasteiger partial charge in [-0.15, -0.1) is 11.3 Å². The number of halogens is 1. The summed E-state index contributed by atoms with van der Waals surface area (Å²) in [5.74, 6) is 0.260. The minimum absolute atomic E-state index is 0. The molecule has 2 rings (SSSR count). The van der Waals surface area contributed by atoms with Crippen LogP contribution in [-0.4, -0.2) is 46.3 Å². The van der Waals surface area contributed by atoms with Crippen molar-refractivity contribution in [1.82, 2.24) is 14.8 Å². The van der Waals surface area contributed by atoms with E-state index in [0.29, 0.717) is 11.0 Å². The van der Waals surface area contributed by atoms with Crippen LogP contribution < -0.4 is 0 Å². The Morgan fingerprint density at radius 3 is 3.00 bits per heavy atom. The van der Waals surface area contributed by atoms with Crippen molar-refractivity contribution < 1.29 is 26.8 Å². The number of ether oxygens (including phenoxy) is 1. The molecular formula is C8H10ClCuN5O3S. The summed E-state index contributed by atoms with van der Waals surface area (Å²) in [4.78, 5) is 18.5. The molecule has 1 saturated heterocycles. The Kier molecular flexibility index (Phi) is 5.95. The molecule has 1 aromatic rings. The number of rotatable bonds is 3. The predicted molar refractivity (Wildman–Crippen MR) is 65.7 cm³/mol. The van der Waals surface area contributed by atoms with Crippen molar-refractivity contribution in [3.05, 3.63) is 25.7 Å². The van der Waals surface area contributed by atoms with Crippen LogP contribution in [0.25, 0.3) is 0 Å². The molecule has 1 aromatic heterocycles. The predicted octanol–water partition coefficient (Wildman–Crippen LogP) is 1.02. The third-order valence-corrected chi connectivity index (χ3v) is 3.30. The maximum Gasteiger partial charge on any atom is 0.277 e. The molecule has 0 bridgehead atoms. The molecule has 0 atom stereocenters. The summed E-state index contributed by atoms with van der Waals surface area (Å²) in [5.41, 5.74) is 0. The van der Waals surface area contributed by atoms with Crippen LogP contribution in [0.1, 0.15) is 4.88 Å². The molecule has 8 nitrogen and oxygen atoms in total. The summed E-state index contributed by atoms with van der Waals surface area (Å²) >= 11 is 7.05. The fraction of sp³-hybridized carbons (Fsp3) is 0.500. The van der Waals surface area contributed by atoms with Crippen molar-refractivity contribution in [1.29, 1.82) is 0 Å². The molecule has 109 valence electrons. The largest absolute Gasteiger partial charge is 0.341 e. The summed E-state index contributed by atoms with van der Waals surface area (Å²) in [6.45, 7) is 0.931. The van der Waals surface area contributed by atoms with Crippen LogP contribution in [0, 0.1) is 10.1 Å². The average Bonchev–Trinajstić information content (AvgIpc) is 2.69. The van der Waals surface area contributed by atoms with Crippen LogP contribution in [-0.2, 0) is 28.4 Å². The Bertz CT molecular complexity index is 485. The molecule has 1 aliphatic rings. The Morgan fingerprint density at radius 2 is 2.42 bits per heavy atom. The van der Waals surface area contributed by atoms with Gasteiger partial charge in [-0.2, -0.15) is 0 Å². The SMILES string of the molecule is CN1COCN(Cc2cnc(Cl)s2)C1=N[N+](=O)[O-].[Cu]. The smallest absolute Gasteiger partial charge is 0.277 e. The van der Waals surface area contributed by atoms with Gasteiger partial charge in [-0.05, 0) is 0 Å². The molecule has 1 fully saturated rings. The molecule has 1 radical (unpaired) electrons. The standard InChI is InChI=1S/C8H10ClN5O3S.Cu/c1-12-4-17-5-13(8(12)11-14(15)16)3-6-2-10-7(9)18-6;/h2H,3-5H2,1H3;. The second-order valence-electron chi connectivity index (χ2n) is 3.58. The van der Waals surface area contributed by atoms with Gasteiger partial charge in [0.1, 0.15) is 18.6 Å². The van der Waals surface area contributed by atoms with Crippen molar-refractivity contribution in [2.24, 2.45) is 5.10 Å². The van der Waals surface area contributed by atoms with Crippen molar-refractivity contribution in [3.8, 4) is 0 Å². The zero-order valence-corrected chi connectivity index (χ0v) is 12.3. The average molecular weight is 355 g/mol. The van der Waals surface area contributed by atoms with Crippen LogP contribution in [0.15, 0.2) is 11.3 Å². The maximum atomic E-state index is 10.5. The molecule has 2 heterocycles. The van der Waals surface area contributed by atoms with E-state index in [0.717, 1.165) is 4.88 Å². The van der Waals surface area contributed by atoms with Gasteiger partial charge < -0.3 is 14.5 Å². The zero-order chi connectivity index (χ0) is 13.1. The number of nitrogens with zero attached hydrogens (tertiary/aromatic N) is 5. The van der Waals surface area contributed by atoms with Crippen molar-refractivity contribution in [2.45, 2.75) is 6.54 Å². The van der Waals surface area contributed by atoms with Crippen LogP contribution in [0.5, 0.6) is 0 Å². The number of aromatic nitrogens is 1. The van der Waals surface area contributed by atoms with Gasteiger partial charge >= 0.3 is 0 Å². The van der Waals surface area contributed by atoms with Crippen molar-refractivity contribution in [3.63, 3.8) is 0 Å². The maximum absolute atomic E-state index is 10.5. The fourth-order valence-electron chi connectivity index (χ4n) is 1.52. The third kappa shape index (κ3) is 4.29. The van der Waals surface area contributed by atoms with Gasteiger partial charge in [0.15, 0.2) is 9.50 Å². The normalized spacial score (nSPS) is 17.5. The van der Waals surface area contributed by atoms with Gasteiger partial charge in [0, 0.05) is 35.2 Å². The van der Waals surface area contributed by atoms with E-state index < -0.39 is 5.03 Å². The van der Waals surface area contributed by atoms with E-state index in [1.807, 2.05) is 0 Å². The van der Waals surface area contributed by atoms with E-state index in [1.165, 1.54) is 11.3 Å². The summed E-state index contributed by atoms with van der Waals surface area (Å²) in [7, 11) is 1.67. The zero-order valence-electron chi connectivity index (χ0n) is 9.75. The van der Waals surface area contributed by atoms with Gasteiger partial charge in [-0.25, -0.2) is 15.1 Å². The van der Waals surface area contributed by atoms with E-state index in [9.17, 15) is 10.1 Å². The Morgan fingerprint density at radius 1 is 1.68 bits per heavy atom. The number of nitro groups is 1. The number of guanidine groups is 1. The monoisotopic (exact) mass is 354 g/mol. The second-order valence-corrected chi connectivity index (χ2v) is 5.27. The number of hydrogen-bond acceptors (Lipinski definition) is 5. The summed E-state index contributed by atoms with van der Waals surface area (Å²) in [6.07, 6.45) is 1.63. The summed E-state index contributed by atoms with van der Waals surface area (Å²) < 4.78 is 5.72. The van der Waals surface area contributed by atoms with Gasteiger partial charge in [0.2, 0.25) is 0 Å². The van der Waals surface area contributed by atoms with Gasteiger partial charge in [0.05, 0.1) is 6.54 Å². The van der Waals surface area contributed by atoms with Gasteiger partial charge in [-0.1, -0.05) is 11.6 Å². The van der Waals surface area contributed by atoms with Crippen molar-refractivity contribution in [2.75, 3.05) is 20.5 Å². The van der Waals surface area contributed by atoms with Crippen LogP contribution in [0.3, 0.4) is 0 Å². The fourth-order valence-corrected chi connectivity index (χ4v) is 2.51. The molecule has 0 unspecified atom stereocenters. The molecule has 0 aromatic carbocycles. The van der Waals surface area contributed by atoms with Crippen molar-refractivity contribution >= 4 is 28.9 Å². The van der Waals surface area contributed by atoms with Gasteiger partial charge in [0.25, 0.3) is 5.96 Å². The number of thiazole rings is 1. The van der Waals surface area contributed by atoms with E-state index in [2.05, 4.69) is 10.1 Å². The number of hydrogen-bond donors (Lipinski definition) is 0. The molecule has 0 amide bonds. The Labute approximate surface area is 128 Å².